The molecule has 0 spiro atoms. The zero-order valence-electron chi connectivity index (χ0n) is 15.9. The number of hydrogen-bond donors (Lipinski definition) is 2. The fourth-order valence-electron chi connectivity index (χ4n) is 3.55. The van der Waals surface area contributed by atoms with Gasteiger partial charge in [-0.1, -0.05) is 18.2 Å². The highest BCUT2D eigenvalue weighted by atomic mass is 32.2. The van der Waals surface area contributed by atoms with Crippen LogP contribution in [0.1, 0.15) is 28.8 Å². The molecule has 0 saturated heterocycles. The van der Waals surface area contributed by atoms with Gasteiger partial charge in [-0.3, -0.25) is 9.59 Å². The molecule has 2 aromatic rings. The average molecular weight is 435 g/mol. The monoisotopic (exact) mass is 435 g/mol. The number of amides is 2. The standard InChI is InChI=1S/C21H20F3N3O2S/c22-15-4-2-1-3-13(15)10-27-17-7-12(19(28)26-14-8-21(23,24)9-14)5-6-18(17)30-11-16(25)20(27)29/h1-7,14,16H,8-11,25H2,(H,26,28)/t16-/m0/s1. The van der Waals surface area contributed by atoms with Crippen LogP contribution in [0.2, 0.25) is 0 Å². The Hall–Kier alpha value is -2.52. The van der Waals surface area contributed by atoms with Gasteiger partial charge in [-0.2, -0.15) is 0 Å². The van der Waals surface area contributed by atoms with Crippen LogP contribution in [0.25, 0.3) is 0 Å². The number of anilines is 1. The molecule has 158 valence electrons. The molecule has 30 heavy (non-hydrogen) atoms. The molecule has 3 N–H and O–H groups in total. The largest absolute Gasteiger partial charge is 0.349 e. The minimum absolute atomic E-state index is 0.0350. The van der Waals surface area contributed by atoms with E-state index in [0.717, 1.165) is 4.90 Å². The molecule has 1 aliphatic carbocycles. The third kappa shape index (κ3) is 4.17. The Labute approximate surface area is 175 Å². The normalized spacial score (nSPS) is 20.9. The van der Waals surface area contributed by atoms with Crippen LogP contribution >= 0.6 is 11.8 Å². The summed E-state index contributed by atoms with van der Waals surface area (Å²) < 4.78 is 40.3. The molecular formula is C21H20F3N3O2S. The van der Waals surface area contributed by atoms with Gasteiger partial charge in [-0.05, 0) is 24.3 Å². The lowest BCUT2D eigenvalue weighted by atomic mass is 9.88. The summed E-state index contributed by atoms with van der Waals surface area (Å²) in [5.74, 6) is -3.70. The molecule has 2 aliphatic rings. The van der Waals surface area contributed by atoms with Gasteiger partial charge in [0.15, 0.2) is 0 Å². The van der Waals surface area contributed by atoms with Gasteiger partial charge in [-0.25, -0.2) is 13.2 Å². The number of halogens is 3. The Morgan fingerprint density at radius 2 is 1.97 bits per heavy atom. The van der Waals surface area contributed by atoms with Crippen molar-refractivity contribution < 1.29 is 22.8 Å². The summed E-state index contributed by atoms with van der Waals surface area (Å²) in [4.78, 5) is 27.6. The van der Waals surface area contributed by atoms with Crippen LogP contribution in [-0.2, 0) is 11.3 Å². The number of benzene rings is 2. The second kappa shape index (κ2) is 7.96. The van der Waals surface area contributed by atoms with Gasteiger partial charge < -0.3 is 16.0 Å². The first-order valence-electron chi connectivity index (χ1n) is 9.49. The van der Waals surface area contributed by atoms with Crippen LogP contribution in [-0.4, -0.2) is 35.6 Å². The minimum atomic E-state index is -2.73. The smallest absolute Gasteiger partial charge is 0.252 e. The Balaban J connectivity index is 1.63. The molecular weight excluding hydrogens is 415 g/mol. The SMILES string of the molecule is N[C@H]1CSc2ccc(C(=O)NC3CC(F)(F)C3)cc2N(Cc2ccccc2F)C1=O. The molecule has 0 bridgehead atoms. The highest BCUT2D eigenvalue weighted by Gasteiger charge is 2.46. The number of nitrogens with one attached hydrogen (secondary N) is 1. The quantitative estimate of drug-likeness (QED) is 0.773. The molecule has 4 rings (SSSR count). The molecule has 2 aromatic carbocycles. The van der Waals surface area contributed by atoms with E-state index in [0.29, 0.717) is 17.0 Å². The number of carbonyl (C=O) groups is 2. The van der Waals surface area contributed by atoms with E-state index in [2.05, 4.69) is 5.32 Å². The van der Waals surface area contributed by atoms with Crippen molar-refractivity contribution in [2.24, 2.45) is 5.73 Å². The summed E-state index contributed by atoms with van der Waals surface area (Å²) >= 11 is 1.38. The second-order valence-corrected chi connectivity index (χ2v) is 8.61. The molecule has 2 amide bonds. The maximum atomic E-state index is 14.2. The van der Waals surface area contributed by atoms with E-state index in [-0.39, 0.29) is 30.9 Å². The number of rotatable bonds is 4. The van der Waals surface area contributed by atoms with Crippen molar-refractivity contribution in [1.29, 1.82) is 0 Å². The van der Waals surface area contributed by atoms with E-state index >= 15 is 0 Å². The van der Waals surface area contributed by atoms with Crippen LogP contribution in [0.5, 0.6) is 0 Å². The van der Waals surface area contributed by atoms with Gasteiger partial charge in [0.25, 0.3) is 11.8 Å². The lowest BCUT2D eigenvalue weighted by Crippen LogP contribution is -2.50. The van der Waals surface area contributed by atoms with Gasteiger partial charge in [0.05, 0.1) is 18.3 Å². The molecule has 1 fully saturated rings. The molecule has 1 saturated carbocycles. The van der Waals surface area contributed by atoms with E-state index in [1.54, 1.807) is 30.3 Å². The third-order valence-corrected chi connectivity index (χ3v) is 6.41. The summed E-state index contributed by atoms with van der Waals surface area (Å²) in [6, 6.07) is 9.59. The van der Waals surface area contributed by atoms with Crippen LogP contribution in [0.3, 0.4) is 0 Å². The number of fused-ring (bicyclic) bond motifs is 1. The van der Waals surface area contributed by atoms with Gasteiger partial charge in [0, 0.05) is 40.7 Å². The molecule has 0 unspecified atom stereocenters. The van der Waals surface area contributed by atoms with Gasteiger partial charge >= 0.3 is 0 Å². The maximum Gasteiger partial charge on any atom is 0.252 e. The van der Waals surface area contributed by atoms with Crippen molar-refractivity contribution >= 4 is 29.3 Å². The summed E-state index contributed by atoms with van der Waals surface area (Å²) in [5, 5.41) is 2.59. The van der Waals surface area contributed by atoms with Crippen molar-refractivity contribution in [3.05, 3.63) is 59.4 Å². The first kappa shape index (κ1) is 20.7. The Kier molecular flexibility index (Phi) is 5.50. The summed E-state index contributed by atoms with van der Waals surface area (Å²) in [7, 11) is 0. The van der Waals surface area contributed by atoms with Crippen molar-refractivity contribution in [2.45, 2.75) is 42.3 Å². The number of carbonyl (C=O) groups excluding carboxylic acids is 2. The molecule has 5 nitrogen and oxygen atoms in total. The van der Waals surface area contributed by atoms with Gasteiger partial charge in [-0.15, -0.1) is 11.8 Å². The zero-order valence-corrected chi connectivity index (χ0v) is 16.7. The molecule has 9 heteroatoms. The van der Waals surface area contributed by atoms with Crippen molar-refractivity contribution in [1.82, 2.24) is 5.32 Å². The fourth-order valence-corrected chi connectivity index (χ4v) is 4.54. The number of alkyl halides is 2. The highest BCUT2D eigenvalue weighted by molar-refractivity contribution is 7.99. The Morgan fingerprint density at radius 1 is 1.23 bits per heavy atom. The summed E-state index contributed by atoms with van der Waals surface area (Å²) in [6.07, 6.45) is -0.765. The lowest BCUT2D eigenvalue weighted by Gasteiger charge is -2.35. The molecule has 0 aromatic heterocycles. The van der Waals surface area contributed by atoms with E-state index in [1.165, 1.54) is 28.8 Å². The molecule has 1 aliphatic heterocycles. The van der Waals surface area contributed by atoms with E-state index in [1.807, 2.05) is 0 Å². The van der Waals surface area contributed by atoms with Crippen LogP contribution < -0.4 is 16.0 Å². The van der Waals surface area contributed by atoms with E-state index in [4.69, 9.17) is 5.73 Å². The van der Waals surface area contributed by atoms with Crippen LogP contribution in [0, 0.1) is 5.82 Å². The topological polar surface area (TPSA) is 75.4 Å². The Bertz CT molecular complexity index is 993. The first-order chi connectivity index (χ1) is 14.2. The van der Waals surface area contributed by atoms with Gasteiger partial charge in [0.1, 0.15) is 5.82 Å². The first-order valence-corrected chi connectivity index (χ1v) is 10.5. The van der Waals surface area contributed by atoms with Crippen molar-refractivity contribution in [3.63, 3.8) is 0 Å². The number of nitrogens with zero attached hydrogens (tertiary/aromatic N) is 1. The van der Waals surface area contributed by atoms with E-state index in [9.17, 15) is 22.8 Å². The van der Waals surface area contributed by atoms with Crippen molar-refractivity contribution in [2.75, 3.05) is 10.7 Å². The summed E-state index contributed by atoms with van der Waals surface area (Å²) in [5.41, 5.74) is 7.01. The second-order valence-electron chi connectivity index (χ2n) is 7.55. The highest BCUT2D eigenvalue weighted by Crippen LogP contribution is 2.38. The molecule has 1 heterocycles. The predicted octanol–water partition coefficient (Wildman–Crippen LogP) is 3.32. The lowest BCUT2D eigenvalue weighted by molar-refractivity contribution is -0.119. The number of thioether (sulfide) groups is 1. The minimum Gasteiger partial charge on any atom is -0.349 e. The number of nitrogens with two attached hydrogens (primary N) is 1. The fraction of sp³-hybridized carbons (Fsp3) is 0.333. The van der Waals surface area contributed by atoms with Crippen LogP contribution in [0.15, 0.2) is 47.4 Å². The zero-order chi connectivity index (χ0) is 21.5. The van der Waals surface area contributed by atoms with Crippen LogP contribution in [0.4, 0.5) is 18.9 Å². The molecule has 1 atom stereocenters. The third-order valence-electron chi connectivity index (χ3n) is 5.23. The average Bonchev–Trinajstić information content (AvgIpc) is 2.80. The Morgan fingerprint density at radius 3 is 2.67 bits per heavy atom. The number of hydrogen-bond acceptors (Lipinski definition) is 4. The molecule has 0 radical (unpaired) electrons. The van der Waals surface area contributed by atoms with Gasteiger partial charge in [0.2, 0.25) is 5.91 Å². The predicted molar refractivity (Wildman–Crippen MR) is 108 cm³/mol. The maximum absolute atomic E-state index is 14.2. The van der Waals surface area contributed by atoms with Crippen molar-refractivity contribution in [3.8, 4) is 0 Å². The van der Waals surface area contributed by atoms with E-state index < -0.39 is 29.7 Å². The summed E-state index contributed by atoms with van der Waals surface area (Å²) in [6.45, 7) is -0.0350.